The molecule has 1 aromatic heterocycles. The zero-order chi connectivity index (χ0) is 13.1. The zero-order valence-electron chi connectivity index (χ0n) is 9.14. The van der Waals surface area contributed by atoms with Gasteiger partial charge in [-0.15, -0.1) is 0 Å². The first kappa shape index (κ1) is 12.1. The Kier molecular flexibility index (Phi) is 3.28. The van der Waals surface area contributed by atoms with Crippen LogP contribution in [0.2, 0.25) is 0 Å². The molecule has 0 aliphatic carbocycles. The Hall–Kier alpha value is -2.35. The minimum absolute atomic E-state index is 0.293. The second-order valence-corrected chi connectivity index (χ2v) is 4.50. The van der Waals surface area contributed by atoms with E-state index >= 15 is 0 Å². The van der Waals surface area contributed by atoms with Crippen molar-refractivity contribution >= 4 is 44.4 Å². The highest BCUT2D eigenvalue weighted by Gasteiger charge is 2.06. The van der Waals surface area contributed by atoms with Crippen LogP contribution >= 0.6 is 11.3 Å². The van der Waals surface area contributed by atoms with Crippen LogP contribution in [0.5, 0.6) is 0 Å². The van der Waals surface area contributed by atoms with Crippen molar-refractivity contribution in [2.24, 2.45) is 0 Å². The molecule has 0 bridgehead atoms. The lowest BCUT2D eigenvalue weighted by Crippen LogP contribution is -2.31. The van der Waals surface area contributed by atoms with E-state index in [1.807, 2.05) is 5.32 Å². The molecule has 0 saturated carbocycles. The van der Waals surface area contributed by atoms with E-state index < -0.39 is 12.0 Å². The first-order valence-electron chi connectivity index (χ1n) is 4.97. The molecular formula is C10H10N4O3S. The summed E-state index contributed by atoms with van der Waals surface area (Å²) in [6, 6.07) is 5.16. The number of benzene rings is 1. The Morgan fingerprint density at radius 1 is 1.44 bits per heavy atom. The molecular weight excluding hydrogens is 256 g/mol. The Labute approximate surface area is 106 Å². The SMILES string of the molecule is Nc1nc2ccc(NC(=O)CNC(=O)O)cc2s1. The van der Waals surface area contributed by atoms with Gasteiger partial charge in [0.15, 0.2) is 5.13 Å². The Bertz CT molecular complexity index is 610. The summed E-state index contributed by atoms with van der Waals surface area (Å²) < 4.78 is 0.858. The number of carbonyl (C=O) groups excluding carboxylic acids is 1. The topological polar surface area (TPSA) is 117 Å². The summed E-state index contributed by atoms with van der Waals surface area (Å²) in [5.74, 6) is -0.436. The molecule has 0 fully saturated rings. The Balaban J connectivity index is 2.07. The summed E-state index contributed by atoms with van der Waals surface area (Å²) in [5.41, 5.74) is 6.90. The molecule has 5 N–H and O–H groups in total. The van der Waals surface area contributed by atoms with Crippen LogP contribution in [0.25, 0.3) is 10.2 Å². The molecule has 0 spiro atoms. The predicted octanol–water partition coefficient (Wildman–Crippen LogP) is 1.08. The second-order valence-electron chi connectivity index (χ2n) is 3.44. The Morgan fingerprint density at radius 3 is 2.94 bits per heavy atom. The molecule has 2 amide bonds. The van der Waals surface area contributed by atoms with Crippen LogP contribution in [0.1, 0.15) is 0 Å². The zero-order valence-corrected chi connectivity index (χ0v) is 9.95. The lowest BCUT2D eigenvalue weighted by Gasteiger charge is -2.04. The average molecular weight is 266 g/mol. The first-order chi connectivity index (χ1) is 8.54. The molecule has 0 saturated heterocycles. The molecule has 2 rings (SSSR count). The molecule has 18 heavy (non-hydrogen) atoms. The fraction of sp³-hybridized carbons (Fsp3) is 0.100. The number of aromatic nitrogens is 1. The number of rotatable bonds is 3. The largest absolute Gasteiger partial charge is 0.465 e. The average Bonchev–Trinajstić information content (AvgIpc) is 2.66. The monoisotopic (exact) mass is 266 g/mol. The molecule has 1 heterocycles. The van der Waals surface area contributed by atoms with Gasteiger partial charge in [-0.05, 0) is 18.2 Å². The number of nitrogens with two attached hydrogens (primary N) is 1. The van der Waals surface area contributed by atoms with Crippen LogP contribution in [-0.4, -0.2) is 28.6 Å². The van der Waals surface area contributed by atoms with Crippen LogP contribution in [0.4, 0.5) is 15.6 Å². The molecule has 8 heteroatoms. The number of anilines is 2. The van der Waals surface area contributed by atoms with Gasteiger partial charge in [0.1, 0.15) is 6.54 Å². The number of nitrogens with zero attached hydrogens (tertiary/aromatic N) is 1. The minimum atomic E-state index is -1.24. The van der Waals surface area contributed by atoms with Gasteiger partial charge in [-0.3, -0.25) is 4.79 Å². The summed E-state index contributed by atoms with van der Waals surface area (Å²) in [6.07, 6.45) is -1.24. The van der Waals surface area contributed by atoms with Gasteiger partial charge in [-0.25, -0.2) is 9.78 Å². The van der Waals surface area contributed by atoms with E-state index in [4.69, 9.17) is 10.8 Å². The number of nitrogen functional groups attached to an aromatic ring is 1. The van der Waals surface area contributed by atoms with E-state index in [2.05, 4.69) is 10.3 Å². The lowest BCUT2D eigenvalue weighted by molar-refractivity contribution is -0.115. The fourth-order valence-electron chi connectivity index (χ4n) is 1.38. The molecule has 94 valence electrons. The summed E-state index contributed by atoms with van der Waals surface area (Å²) in [6.45, 7) is -0.293. The molecule has 0 atom stereocenters. The highest BCUT2D eigenvalue weighted by Crippen LogP contribution is 2.26. The van der Waals surface area contributed by atoms with Crippen molar-refractivity contribution < 1.29 is 14.7 Å². The highest BCUT2D eigenvalue weighted by molar-refractivity contribution is 7.22. The van der Waals surface area contributed by atoms with E-state index in [9.17, 15) is 9.59 Å². The van der Waals surface area contributed by atoms with E-state index in [0.29, 0.717) is 10.8 Å². The smallest absolute Gasteiger partial charge is 0.405 e. The minimum Gasteiger partial charge on any atom is -0.465 e. The van der Waals surface area contributed by atoms with Crippen LogP contribution in [0.3, 0.4) is 0 Å². The van der Waals surface area contributed by atoms with Crippen molar-refractivity contribution in [3.05, 3.63) is 18.2 Å². The third-order valence-corrected chi connectivity index (χ3v) is 2.94. The van der Waals surface area contributed by atoms with Crippen molar-refractivity contribution in [1.82, 2.24) is 10.3 Å². The molecule has 0 unspecified atom stereocenters. The summed E-state index contributed by atoms with van der Waals surface area (Å²) >= 11 is 1.32. The van der Waals surface area contributed by atoms with Gasteiger partial charge in [-0.1, -0.05) is 11.3 Å². The van der Waals surface area contributed by atoms with Crippen molar-refractivity contribution in [3.63, 3.8) is 0 Å². The van der Waals surface area contributed by atoms with Crippen molar-refractivity contribution in [2.45, 2.75) is 0 Å². The standard InChI is InChI=1S/C10H10N4O3S/c11-9-14-6-2-1-5(3-7(6)18-9)13-8(15)4-12-10(16)17/h1-3,12H,4H2,(H2,11,14)(H,13,15)(H,16,17). The maximum absolute atomic E-state index is 11.4. The van der Waals surface area contributed by atoms with E-state index in [1.54, 1.807) is 18.2 Å². The van der Waals surface area contributed by atoms with E-state index in [-0.39, 0.29) is 6.54 Å². The first-order valence-corrected chi connectivity index (χ1v) is 5.79. The number of hydrogen-bond donors (Lipinski definition) is 4. The van der Waals surface area contributed by atoms with E-state index in [0.717, 1.165) is 10.2 Å². The molecule has 0 aliphatic heterocycles. The number of amides is 2. The van der Waals surface area contributed by atoms with Crippen molar-refractivity contribution in [3.8, 4) is 0 Å². The number of carboxylic acid groups (broad SMARTS) is 1. The van der Waals surface area contributed by atoms with Gasteiger partial charge in [0.2, 0.25) is 5.91 Å². The van der Waals surface area contributed by atoms with Crippen molar-refractivity contribution in [1.29, 1.82) is 0 Å². The second kappa shape index (κ2) is 4.88. The summed E-state index contributed by atoms with van der Waals surface area (Å²) in [7, 11) is 0. The molecule has 1 aromatic carbocycles. The van der Waals surface area contributed by atoms with Gasteiger partial charge in [0.25, 0.3) is 0 Å². The maximum atomic E-state index is 11.4. The number of fused-ring (bicyclic) bond motifs is 1. The lowest BCUT2D eigenvalue weighted by atomic mass is 10.3. The van der Waals surface area contributed by atoms with Crippen molar-refractivity contribution in [2.75, 3.05) is 17.6 Å². The summed E-state index contributed by atoms with van der Waals surface area (Å²) in [4.78, 5) is 25.7. The number of nitrogens with one attached hydrogen (secondary N) is 2. The molecule has 0 aliphatic rings. The number of thiazole rings is 1. The fourth-order valence-corrected chi connectivity index (χ4v) is 2.15. The van der Waals surface area contributed by atoms with Crippen LogP contribution in [-0.2, 0) is 4.79 Å². The normalized spacial score (nSPS) is 10.2. The third kappa shape index (κ3) is 2.86. The van der Waals surface area contributed by atoms with Gasteiger partial charge in [0, 0.05) is 5.69 Å². The molecule has 2 aromatic rings. The van der Waals surface area contributed by atoms with Gasteiger partial charge in [-0.2, -0.15) is 0 Å². The van der Waals surface area contributed by atoms with Gasteiger partial charge < -0.3 is 21.5 Å². The van der Waals surface area contributed by atoms with Crippen LogP contribution < -0.4 is 16.4 Å². The van der Waals surface area contributed by atoms with Crippen LogP contribution in [0, 0.1) is 0 Å². The van der Waals surface area contributed by atoms with E-state index in [1.165, 1.54) is 11.3 Å². The predicted molar refractivity (Wildman–Crippen MR) is 68.7 cm³/mol. The molecule has 7 nitrogen and oxygen atoms in total. The summed E-state index contributed by atoms with van der Waals surface area (Å²) in [5, 5.41) is 13.4. The van der Waals surface area contributed by atoms with Gasteiger partial charge >= 0.3 is 6.09 Å². The number of hydrogen-bond acceptors (Lipinski definition) is 5. The number of carbonyl (C=O) groups is 2. The highest BCUT2D eigenvalue weighted by atomic mass is 32.1. The molecule has 0 radical (unpaired) electrons. The van der Waals surface area contributed by atoms with Crippen LogP contribution in [0.15, 0.2) is 18.2 Å². The maximum Gasteiger partial charge on any atom is 0.405 e. The quantitative estimate of drug-likeness (QED) is 0.663. The van der Waals surface area contributed by atoms with Gasteiger partial charge in [0.05, 0.1) is 10.2 Å². The third-order valence-electron chi connectivity index (χ3n) is 2.09. The Morgan fingerprint density at radius 2 is 2.22 bits per heavy atom.